The summed E-state index contributed by atoms with van der Waals surface area (Å²) in [7, 11) is 0. The second kappa shape index (κ2) is 3.42. The third-order valence-electron chi connectivity index (χ3n) is 1.10. The van der Waals surface area contributed by atoms with Crippen molar-refractivity contribution < 1.29 is 4.39 Å². The summed E-state index contributed by atoms with van der Waals surface area (Å²) >= 11 is 5.35. The Kier molecular flexibility index (Phi) is 2.51. The molecule has 0 aliphatic rings. The Bertz CT molecular complexity index is 215. The first-order chi connectivity index (χ1) is 4.83. The first-order valence-corrected chi connectivity index (χ1v) is 3.42. The Labute approximate surface area is 63.8 Å². The van der Waals surface area contributed by atoms with Crippen molar-refractivity contribution in [2.24, 2.45) is 0 Å². The van der Waals surface area contributed by atoms with Crippen LogP contribution in [0.5, 0.6) is 0 Å². The first-order valence-electron chi connectivity index (χ1n) is 2.88. The summed E-state index contributed by atoms with van der Waals surface area (Å²) < 4.78 is 12.4. The van der Waals surface area contributed by atoms with Gasteiger partial charge in [0.05, 0.1) is 6.00 Å². The maximum Gasteiger partial charge on any atom is 0.125 e. The minimum Gasteiger partial charge on any atom is -0.372 e. The topological polar surface area (TPSA) is 12.0 Å². The minimum absolute atomic E-state index is 0.255. The van der Waals surface area contributed by atoms with Crippen molar-refractivity contribution in [3.05, 3.63) is 30.1 Å². The summed E-state index contributed by atoms with van der Waals surface area (Å²) in [5.74, 6) is -0.255. The first kappa shape index (κ1) is 7.35. The molecule has 0 spiro atoms. The van der Waals surface area contributed by atoms with E-state index in [1.165, 1.54) is 12.1 Å². The summed E-state index contributed by atoms with van der Waals surface area (Å²) in [4.78, 5) is 0. The zero-order valence-corrected chi connectivity index (χ0v) is 6.03. The molecule has 1 rings (SSSR count). The van der Waals surface area contributed by atoms with Crippen LogP contribution in [-0.2, 0) is 0 Å². The van der Waals surface area contributed by atoms with Gasteiger partial charge in [-0.1, -0.05) is 6.07 Å². The smallest absolute Gasteiger partial charge is 0.125 e. The van der Waals surface area contributed by atoms with E-state index in [0.717, 1.165) is 0 Å². The standard InChI is InChI=1S/C7H7ClFN/c8-5-10-7-3-1-2-6(9)4-7/h1-4,10H,5H2. The van der Waals surface area contributed by atoms with Gasteiger partial charge in [0, 0.05) is 5.69 Å². The van der Waals surface area contributed by atoms with Gasteiger partial charge >= 0.3 is 0 Å². The lowest BCUT2D eigenvalue weighted by molar-refractivity contribution is 0.628. The van der Waals surface area contributed by atoms with Crippen LogP contribution in [0.1, 0.15) is 0 Å². The molecule has 1 N–H and O–H groups in total. The Morgan fingerprint density at radius 2 is 2.30 bits per heavy atom. The van der Waals surface area contributed by atoms with Gasteiger partial charge in [-0.25, -0.2) is 4.39 Å². The van der Waals surface area contributed by atoms with E-state index in [9.17, 15) is 4.39 Å². The lowest BCUT2D eigenvalue weighted by Crippen LogP contribution is -1.93. The minimum atomic E-state index is -0.255. The molecule has 0 fully saturated rings. The molecule has 0 saturated carbocycles. The van der Waals surface area contributed by atoms with Crippen molar-refractivity contribution in [2.75, 3.05) is 11.3 Å². The third-order valence-corrected chi connectivity index (χ3v) is 1.23. The molecule has 0 atom stereocenters. The largest absolute Gasteiger partial charge is 0.372 e. The molecule has 0 aliphatic heterocycles. The molecular weight excluding hydrogens is 153 g/mol. The van der Waals surface area contributed by atoms with Gasteiger partial charge in [-0.15, -0.1) is 11.6 Å². The number of alkyl halides is 1. The molecule has 0 unspecified atom stereocenters. The molecular formula is C7H7ClFN. The molecule has 0 bridgehead atoms. The predicted octanol–water partition coefficient (Wildman–Crippen LogP) is 2.43. The van der Waals surface area contributed by atoms with Gasteiger partial charge in [-0.05, 0) is 18.2 Å². The Balaban J connectivity index is 2.75. The van der Waals surface area contributed by atoms with Crippen LogP contribution in [0.2, 0.25) is 0 Å². The lowest BCUT2D eigenvalue weighted by Gasteiger charge is -1.99. The van der Waals surface area contributed by atoms with Crippen molar-refractivity contribution in [3.8, 4) is 0 Å². The highest BCUT2D eigenvalue weighted by Crippen LogP contribution is 2.08. The summed E-state index contributed by atoms with van der Waals surface area (Å²) in [6.45, 7) is 0. The number of anilines is 1. The van der Waals surface area contributed by atoms with Gasteiger partial charge in [0.1, 0.15) is 5.82 Å². The van der Waals surface area contributed by atoms with Gasteiger partial charge in [0.25, 0.3) is 0 Å². The van der Waals surface area contributed by atoms with E-state index in [4.69, 9.17) is 11.6 Å². The molecule has 0 aliphatic carbocycles. The van der Waals surface area contributed by atoms with Crippen LogP contribution in [-0.4, -0.2) is 6.00 Å². The number of benzene rings is 1. The molecule has 0 heterocycles. The number of rotatable bonds is 2. The van der Waals surface area contributed by atoms with E-state index in [1.54, 1.807) is 12.1 Å². The van der Waals surface area contributed by atoms with Crippen molar-refractivity contribution in [1.82, 2.24) is 0 Å². The maximum absolute atomic E-state index is 12.4. The highest BCUT2D eigenvalue weighted by molar-refractivity contribution is 6.18. The number of nitrogens with one attached hydrogen (secondary N) is 1. The van der Waals surface area contributed by atoms with Crippen LogP contribution in [0.25, 0.3) is 0 Å². The van der Waals surface area contributed by atoms with Crippen LogP contribution in [0.3, 0.4) is 0 Å². The fourth-order valence-corrected chi connectivity index (χ4v) is 0.830. The molecule has 0 amide bonds. The lowest BCUT2D eigenvalue weighted by atomic mass is 10.3. The fourth-order valence-electron chi connectivity index (χ4n) is 0.676. The van der Waals surface area contributed by atoms with Gasteiger partial charge in [-0.2, -0.15) is 0 Å². The van der Waals surface area contributed by atoms with E-state index in [2.05, 4.69) is 5.32 Å². The molecule has 1 aromatic carbocycles. The Hall–Kier alpha value is -0.760. The van der Waals surface area contributed by atoms with E-state index < -0.39 is 0 Å². The van der Waals surface area contributed by atoms with Crippen LogP contribution >= 0.6 is 11.6 Å². The predicted molar refractivity (Wildman–Crippen MR) is 40.7 cm³/mol. The average molecular weight is 160 g/mol. The molecule has 54 valence electrons. The van der Waals surface area contributed by atoms with Crippen LogP contribution in [0, 0.1) is 5.82 Å². The van der Waals surface area contributed by atoms with Gasteiger partial charge in [0.2, 0.25) is 0 Å². The highest BCUT2D eigenvalue weighted by atomic mass is 35.5. The van der Waals surface area contributed by atoms with Gasteiger partial charge < -0.3 is 5.32 Å². The van der Waals surface area contributed by atoms with E-state index >= 15 is 0 Å². The molecule has 0 radical (unpaired) electrons. The summed E-state index contributed by atoms with van der Waals surface area (Å²) in [6, 6.07) is 6.46. The average Bonchev–Trinajstić information content (AvgIpc) is 1.88. The van der Waals surface area contributed by atoms with E-state index in [0.29, 0.717) is 11.7 Å². The van der Waals surface area contributed by atoms with Crippen LogP contribution in [0.15, 0.2) is 24.3 Å². The summed E-state index contributed by atoms with van der Waals surface area (Å²) in [5, 5.41) is 2.77. The van der Waals surface area contributed by atoms with E-state index in [1.807, 2.05) is 0 Å². The summed E-state index contributed by atoms with van der Waals surface area (Å²) in [6.07, 6.45) is 0. The Morgan fingerprint density at radius 3 is 2.90 bits per heavy atom. The van der Waals surface area contributed by atoms with Crippen LogP contribution in [0.4, 0.5) is 10.1 Å². The second-order valence-electron chi connectivity index (χ2n) is 1.82. The van der Waals surface area contributed by atoms with Crippen molar-refractivity contribution in [3.63, 3.8) is 0 Å². The van der Waals surface area contributed by atoms with Gasteiger partial charge in [0.15, 0.2) is 0 Å². The third kappa shape index (κ3) is 1.88. The monoisotopic (exact) mass is 159 g/mol. The summed E-state index contributed by atoms with van der Waals surface area (Å²) in [5.41, 5.74) is 0.704. The zero-order valence-electron chi connectivity index (χ0n) is 5.27. The quantitative estimate of drug-likeness (QED) is 0.516. The number of hydrogen-bond donors (Lipinski definition) is 1. The molecule has 1 aromatic rings. The fraction of sp³-hybridized carbons (Fsp3) is 0.143. The zero-order chi connectivity index (χ0) is 7.40. The molecule has 10 heavy (non-hydrogen) atoms. The van der Waals surface area contributed by atoms with E-state index in [-0.39, 0.29) is 5.82 Å². The highest BCUT2D eigenvalue weighted by Gasteiger charge is 1.90. The molecule has 3 heteroatoms. The number of halogens is 2. The van der Waals surface area contributed by atoms with Crippen molar-refractivity contribution in [2.45, 2.75) is 0 Å². The van der Waals surface area contributed by atoms with Gasteiger partial charge in [-0.3, -0.25) is 0 Å². The van der Waals surface area contributed by atoms with Crippen molar-refractivity contribution in [1.29, 1.82) is 0 Å². The number of hydrogen-bond acceptors (Lipinski definition) is 1. The Morgan fingerprint density at radius 1 is 1.50 bits per heavy atom. The molecule has 1 nitrogen and oxygen atoms in total. The maximum atomic E-state index is 12.4. The normalized spacial score (nSPS) is 9.40. The molecule has 0 saturated heterocycles. The SMILES string of the molecule is Fc1cccc(NCCl)c1. The second-order valence-corrected chi connectivity index (χ2v) is 2.09. The molecule has 0 aromatic heterocycles. The van der Waals surface area contributed by atoms with Crippen LogP contribution < -0.4 is 5.32 Å². The van der Waals surface area contributed by atoms with Crippen molar-refractivity contribution >= 4 is 17.3 Å².